The lowest BCUT2D eigenvalue weighted by molar-refractivity contribution is 0.0948. The zero-order valence-electron chi connectivity index (χ0n) is 11.4. The number of hydrogen-bond donors (Lipinski definition) is 2. The molecule has 0 bridgehead atoms. The summed E-state index contributed by atoms with van der Waals surface area (Å²) in [7, 11) is 1.58. The van der Waals surface area contributed by atoms with Gasteiger partial charge < -0.3 is 10.1 Å². The third kappa shape index (κ3) is 4.06. The van der Waals surface area contributed by atoms with Crippen molar-refractivity contribution < 1.29 is 9.53 Å². The molecule has 2 N–H and O–H groups in total. The number of halogens is 1. The van der Waals surface area contributed by atoms with Gasteiger partial charge in [0.15, 0.2) is 0 Å². The lowest BCUT2D eigenvalue weighted by Crippen LogP contribution is -2.27. The number of nitrogens with one attached hydrogen (secondary N) is 2. The fraction of sp³-hybridized carbons (Fsp3) is 0.214. The van der Waals surface area contributed by atoms with E-state index >= 15 is 0 Å². The molecule has 7 heteroatoms. The van der Waals surface area contributed by atoms with E-state index in [0.29, 0.717) is 18.0 Å². The van der Waals surface area contributed by atoms with Crippen molar-refractivity contribution in [3.63, 3.8) is 0 Å². The van der Waals surface area contributed by atoms with Gasteiger partial charge in [-0.15, -0.1) is 0 Å². The number of nitrogens with zero attached hydrogens (tertiary/aromatic N) is 1. The monoisotopic (exact) mass is 307 g/mol. The highest BCUT2D eigenvalue weighted by Crippen LogP contribution is 2.22. The second-order valence-corrected chi connectivity index (χ2v) is 4.70. The quantitative estimate of drug-likeness (QED) is 0.874. The molecule has 0 saturated heterocycles. The molecule has 0 aliphatic carbocycles. The van der Waals surface area contributed by atoms with Gasteiger partial charge in [-0.05, 0) is 36.2 Å². The summed E-state index contributed by atoms with van der Waals surface area (Å²) in [5.41, 5.74) is 0.711. The van der Waals surface area contributed by atoms with E-state index in [2.05, 4.69) is 15.5 Å². The summed E-state index contributed by atoms with van der Waals surface area (Å²) in [4.78, 5) is 22.7. The van der Waals surface area contributed by atoms with Crippen LogP contribution in [0.5, 0.6) is 5.75 Å². The molecule has 0 spiro atoms. The molecule has 0 saturated carbocycles. The summed E-state index contributed by atoms with van der Waals surface area (Å²) in [5.74, 6) is 0.364. The lowest BCUT2D eigenvalue weighted by Gasteiger charge is -2.09. The number of rotatable bonds is 5. The molecule has 110 valence electrons. The highest BCUT2D eigenvalue weighted by atomic mass is 35.5. The smallest absolute Gasteiger partial charge is 0.271 e. The average Bonchev–Trinajstić information content (AvgIpc) is 2.48. The number of H-pyrrole nitrogens is 1. The predicted octanol–water partition coefficient (Wildman–Crippen LogP) is 1.40. The van der Waals surface area contributed by atoms with Crippen LogP contribution in [0.4, 0.5) is 0 Å². The molecule has 1 aromatic heterocycles. The molecular weight excluding hydrogens is 294 g/mol. The molecule has 0 radical (unpaired) electrons. The molecule has 0 aliphatic heterocycles. The standard InChI is InChI=1S/C14H14ClN3O3/c1-21-12-4-2-10(15)8-9(12)6-7-16-14(20)11-3-5-13(19)18-17-11/h2-5,8H,6-7H2,1H3,(H,16,20)(H,18,19). The van der Waals surface area contributed by atoms with Gasteiger partial charge in [-0.3, -0.25) is 9.59 Å². The van der Waals surface area contributed by atoms with Gasteiger partial charge in [0.1, 0.15) is 11.4 Å². The molecule has 21 heavy (non-hydrogen) atoms. The van der Waals surface area contributed by atoms with Crippen LogP contribution in [0.3, 0.4) is 0 Å². The van der Waals surface area contributed by atoms with Gasteiger partial charge in [0.25, 0.3) is 11.5 Å². The van der Waals surface area contributed by atoms with Crippen molar-refractivity contribution in [1.82, 2.24) is 15.5 Å². The molecule has 1 aromatic carbocycles. The van der Waals surface area contributed by atoms with Crippen molar-refractivity contribution in [2.24, 2.45) is 0 Å². The maximum Gasteiger partial charge on any atom is 0.271 e. The summed E-state index contributed by atoms with van der Waals surface area (Å²) in [6.45, 7) is 0.399. The Kier molecular flexibility index (Phi) is 4.94. The van der Waals surface area contributed by atoms with Gasteiger partial charge in [-0.25, -0.2) is 5.10 Å². The number of aromatic amines is 1. The zero-order valence-corrected chi connectivity index (χ0v) is 12.1. The maximum atomic E-state index is 11.8. The van der Waals surface area contributed by atoms with Gasteiger partial charge in [-0.1, -0.05) is 11.6 Å². The van der Waals surface area contributed by atoms with Gasteiger partial charge in [-0.2, -0.15) is 5.10 Å². The molecule has 0 aliphatic rings. The Morgan fingerprint density at radius 1 is 1.38 bits per heavy atom. The number of ether oxygens (including phenoxy) is 1. The number of aromatic nitrogens is 2. The minimum Gasteiger partial charge on any atom is -0.496 e. The molecule has 0 fully saturated rings. The number of hydrogen-bond acceptors (Lipinski definition) is 4. The number of amides is 1. The van der Waals surface area contributed by atoms with E-state index in [9.17, 15) is 9.59 Å². The van der Waals surface area contributed by atoms with Crippen molar-refractivity contribution in [2.75, 3.05) is 13.7 Å². The normalized spacial score (nSPS) is 10.2. The Hall–Kier alpha value is -2.34. The third-order valence-electron chi connectivity index (χ3n) is 2.83. The molecule has 6 nitrogen and oxygen atoms in total. The van der Waals surface area contributed by atoms with Crippen molar-refractivity contribution in [3.05, 3.63) is 57.0 Å². The van der Waals surface area contributed by atoms with E-state index in [1.165, 1.54) is 12.1 Å². The molecule has 1 amide bonds. The van der Waals surface area contributed by atoms with E-state index in [4.69, 9.17) is 16.3 Å². The highest BCUT2D eigenvalue weighted by molar-refractivity contribution is 6.30. The topological polar surface area (TPSA) is 84.1 Å². The Morgan fingerprint density at radius 2 is 2.19 bits per heavy atom. The Bertz CT molecular complexity index is 680. The Morgan fingerprint density at radius 3 is 2.86 bits per heavy atom. The van der Waals surface area contributed by atoms with Gasteiger partial charge in [0, 0.05) is 17.6 Å². The molecule has 0 unspecified atom stereocenters. The number of carbonyl (C=O) groups is 1. The van der Waals surface area contributed by atoms with E-state index in [1.807, 2.05) is 0 Å². The van der Waals surface area contributed by atoms with Crippen LogP contribution >= 0.6 is 11.6 Å². The lowest BCUT2D eigenvalue weighted by atomic mass is 10.1. The molecular formula is C14H14ClN3O3. The minimum atomic E-state index is -0.354. The summed E-state index contributed by atoms with van der Waals surface area (Å²) < 4.78 is 5.23. The summed E-state index contributed by atoms with van der Waals surface area (Å²) in [5, 5.41) is 9.19. The number of benzene rings is 1. The van der Waals surface area contributed by atoms with Crippen LogP contribution < -0.4 is 15.6 Å². The first-order chi connectivity index (χ1) is 10.1. The first-order valence-corrected chi connectivity index (χ1v) is 6.64. The molecule has 1 heterocycles. The first-order valence-electron chi connectivity index (χ1n) is 6.26. The Balaban J connectivity index is 1.95. The van der Waals surface area contributed by atoms with Crippen molar-refractivity contribution in [1.29, 1.82) is 0 Å². The van der Waals surface area contributed by atoms with Crippen molar-refractivity contribution in [3.8, 4) is 5.75 Å². The number of methoxy groups -OCH3 is 1. The van der Waals surface area contributed by atoms with Gasteiger partial charge in [0.05, 0.1) is 7.11 Å². The zero-order chi connectivity index (χ0) is 15.2. The highest BCUT2D eigenvalue weighted by Gasteiger charge is 2.08. The second-order valence-electron chi connectivity index (χ2n) is 4.27. The van der Waals surface area contributed by atoms with Crippen LogP contribution in [-0.4, -0.2) is 29.8 Å². The van der Waals surface area contributed by atoms with E-state index in [-0.39, 0.29) is 17.2 Å². The van der Waals surface area contributed by atoms with E-state index in [1.54, 1.807) is 25.3 Å². The van der Waals surface area contributed by atoms with E-state index < -0.39 is 0 Å². The van der Waals surface area contributed by atoms with Gasteiger partial charge >= 0.3 is 0 Å². The van der Waals surface area contributed by atoms with Crippen LogP contribution in [-0.2, 0) is 6.42 Å². The summed E-state index contributed by atoms with van der Waals surface area (Å²) in [6, 6.07) is 7.94. The third-order valence-corrected chi connectivity index (χ3v) is 3.07. The van der Waals surface area contributed by atoms with Crippen LogP contribution in [0.2, 0.25) is 5.02 Å². The average molecular weight is 308 g/mol. The number of carbonyl (C=O) groups excluding carboxylic acids is 1. The molecule has 2 aromatic rings. The SMILES string of the molecule is COc1ccc(Cl)cc1CCNC(=O)c1ccc(=O)[nH]n1. The maximum absolute atomic E-state index is 11.8. The largest absolute Gasteiger partial charge is 0.496 e. The first kappa shape index (κ1) is 15.1. The van der Waals surface area contributed by atoms with Gasteiger partial charge in [0.2, 0.25) is 0 Å². The van der Waals surface area contributed by atoms with E-state index in [0.717, 1.165) is 11.3 Å². The predicted molar refractivity (Wildman–Crippen MR) is 78.9 cm³/mol. The van der Waals surface area contributed by atoms with Crippen LogP contribution in [0.1, 0.15) is 16.1 Å². The van der Waals surface area contributed by atoms with Crippen LogP contribution in [0, 0.1) is 0 Å². The fourth-order valence-corrected chi connectivity index (χ4v) is 2.01. The fourth-order valence-electron chi connectivity index (χ4n) is 1.81. The summed E-state index contributed by atoms with van der Waals surface area (Å²) in [6.07, 6.45) is 0.568. The van der Waals surface area contributed by atoms with Crippen molar-refractivity contribution in [2.45, 2.75) is 6.42 Å². The molecule has 2 rings (SSSR count). The van der Waals surface area contributed by atoms with Crippen LogP contribution in [0.25, 0.3) is 0 Å². The second kappa shape index (κ2) is 6.90. The Labute approximate surface area is 126 Å². The molecule has 0 atom stereocenters. The summed E-state index contributed by atoms with van der Waals surface area (Å²) >= 11 is 5.94. The van der Waals surface area contributed by atoms with Crippen molar-refractivity contribution >= 4 is 17.5 Å². The van der Waals surface area contributed by atoms with Crippen LogP contribution in [0.15, 0.2) is 35.1 Å². The minimum absolute atomic E-state index is 0.160.